The minimum Gasteiger partial charge on any atom is -0.394 e. The Bertz CT molecular complexity index is 325. The quantitative estimate of drug-likeness (QED) is 0.594. The van der Waals surface area contributed by atoms with Crippen molar-refractivity contribution in [2.75, 3.05) is 37.2 Å². The van der Waals surface area contributed by atoms with E-state index in [0.717, 1.165) is 16.8 Å². The maximum Gasteiger partial charge on any atom is 0.191 e. The molecule has 1 atom stereocenters. The first-order valence-electron chi connectivity index (χ1n) is 5.06. The van der Waals surface area contributed by atoms with Crippen LogP contribution in [-0.2, 0) is 0 Å². The van der Waals surface area contributed by atoms with Crippen LogP contribution < -0.4 is 10.2 Å². The molecule has 2 N–H and O–H groups in total. The summed E-state index contributed by atoms with van der Waals surface area (Å²) in [6, 6.07) is 1.90. The summed E-state index contributed by atoms with van der Waals surface area (Å²) in [5, 5.41) is 12.8. The average Bonchev–Trinajstić information content (AvgIpc) is 2.35. The first kappa shape index (κ1) is 13.1. The maximum absolute atomic E-state index is 9.11. The van der Waals surface area contributed by atoms with E-state index in [1.807, 2.05) is 38.2 Å². The second-order valence-corrected chi connectivity index (χ2v) is 4.26. The van der Waals surface area contributed by atoms with Gasteiger partial charge in [-0.25, -0.2) is 9.97 Å². The molecule has 90 valence electrons. The molecular weight excluding hydrogens is 224 g/mol. The second kappa shape index (κ2) is 5.91. The van der Waals surface area contributed by atoms with Crippen LogP contribution in [0.5, 0.6) is 0 Å². The highest BCUT2D eigenvalue weighted by atomic mass is 32.2. The molecule has 0 aliphatic heterocycles. The highest BCUT2D eigenvalue weighted by Gasteiger charge is 2.12. The van der Waals surface area contributed by atoms with Crippen LogP contribution in [0.15, 0.2) is 11.2 Å². The molecule has 1 rings (SSSR count). The molecular formula is C10H18N4OS. The standard InChI is InChI=1S/C10H18N4OS/c1-7(6-15)14(3)9-5-8(11-2)12-10(13-9)16-4/h5,7,15H,6H2,1-4H3,(H,11,12,13). The van der Waals surface area contributed by atoms with Gasteiger partial charge in [-0.3, -0.25) is 0 Å². The summed E-state index contributed by atoms with van der Waals surface area (Å²) in [6.07, 6.45) is 1.94. The number of likely N-dealkylation sites (N-methyl/N-ethyl adjacent to an activating group) is 1. The SMILES string of the molecule is CNc1cc(N(C)C(C)CO)nc(SC)n1. The van der Waals surface area contributed by atoms with E-state index in [2.05, 4.69) is 15.3 Å². The third-order valence-corrected chi connectivity index (χ3v) is 2.97. The van der Waals surface area contributed by atoms with Gasteiger partial charge in [-0.15, -0.1) is 0 Å². The van der Waals surface area contributed by atoms with Crippen molar-refractivity contribution >= 4 is 23.4 Å². The van der Waals surface area contributed by atoms with Gasteiger partial charge in [0.05, 0.1) is 12.6 Å². The largest absolute Gasteiger partial charge is 0.394 e. The molecule has 1 heterocycles. The molecule has 0 aliphatic carbocycles. The van der Waals surface area contributed by atoms with Crippen molar-refractivity contribution in [3.8, 4) is 0 Å². The molecule has 0 amide bonds. The van der Waals surface area contributed by atoms with E-state index in [-0.39, 0.29) is 12.6 Å². The lowest BCUT2D eigenvalue weighted by Crippen LogP contribution is -2.32. The fraction of sp³-hybridized carbons (Fsp3) is 0.600. The summed E-state index contributed by atoms with van der Waals surface area (Å²) >= 11 is 1.50. The van der Waals surface area contributed by atoms with Crippen LogP contribution in [0, 0.1) is 0 Å². The van der Waals surface area contributed by atoms with Crippen molar-refractivity contribution in [1.29, 1.82) is 0 Å². The lowest BCUT2D eigenvalue weighted by molar-refractivity contribution is 0.269. The van der Waals surface area contributed by atoms with Crippen molar-refractivity contribution in [2.24, 2.45) is 0 Å². The van der Waals surface area contributed by atoms with Crippen molar-refractivity contribution in [3.05, 3.63) is 6.07 Å². The van der Waals surface area contributed by atoms with Crippen molar-refractivity contribution < 1.29 is 5.11 Å². The van der Waals surface area contributed by atoms with Crippen LogP contribution in [0.1, 0.15) is 6.92 Å². The summed E-state index contributed by atoms with van der Waals surface area (Å²) in [5.74, 6) is 1.59. The van der Waals surface area contributed by atoms with E-state index in [1.165, 1.54) is 11.8 Å². The van der Waals surface area contributed by atoms with Crippen LogP contribution in [0.2, 0.25) is 0 Å². The predicted octanol–water partition coefficient (Wildman–Crippen LogP) is 1.06. The minimum atomic E-state index is 0.0364. The van der Waals surface area contributed by atoms with Crippen molar-refractivity contribution in [3.63, 3.8) is 0 Å². The van der Waals surface area contributed by atoms with Gasteiger partial charge in [0.1, 0.15) is 11.6 Å². The third kappa shape index (κ3) is 2.99. The van der Waals surface area contributed by atoms with Gasteiger partial charge in [-0.2, -0.15) is 0 Å². The number of nitrogens with zero attached hydrogens (tertiary/aromatic N) is 3. The summed E-state index contributed by atoms with van der Waals surface area (Å²) in [5.41, 5.74) is 0. The first-order valence-corrected chi connectivity index (χ1v) is 6.29. The number of aromatic nitrogens is 2. The third-order valence-electron chi connectivity index (χ3n) is 2.42. The number of nitrogens with one attached hydrogen (secondary N) is 1. The van der Waals surface area contributed by atoms with Crippen LogP contribution >= 0.6 is 11.8 Å². The van der Waals surface area contributed by atoms with Crippen LogP contribution in [0.4, 0.5) is 11.6 Å². The lowest BCUT2D eigenvalue weighted by atomic mass is 10.3. The summed E-state index contributed by atoms with van der Waals surface area (Å²) in [4.78, 5) is 10.6. The number of rotatable bonds is 5. The zero-order valence-corrected chi connectivity index (χ0v) is 10.9. The maximum atomic E-state index is 9.11. The lowest BCUT2D eigenvalue weighted by Gasteiger charge is -2.24. The van der Waals surface area contributed by atoms with E-state index < -0.39 is 0 Å². The van der Waals surface area contributed by atoms with E-state index in [0.29, 0.717) is 0 Å². The van der Waals surface area contributed by atoms with E-state index in [4.69, 9.17) is 5.11 Å². The second-order valence-electron chi connectivity index (χ2n) is 3.49. The zero-order chi connectivity index (χ0) is 12.1. The molecule has 0 bridgehead atoms. The van der Waals surface area contributed by atoms with Gasteiger partial charge in [-0.1, -0.05) is 11.8 Å². The van der Waals surface area contributed by atoms with Gasteiger partial charge in [0.2, 0.25) is 0 Å². The summed E-state index contributed by atoms with van der Waals surface area (Å²) in [6.45, 7) is 2.05. The van der Waals surface area contributed by atoms with Crippen molar-refractivity contribution in [1.82, 2.24) is 9.97 Å². The van der Waals surface area contributed by atoms with Crippen LogP contribution in [-0.4, -0.2) is 48.1 Å². The molecule has 0 aromatic carbocycles. The highest BCUT2D eigenvalue weighted by molar-refractivity contribution is 7.98. The molecule has 0 spiro atoms. The van der Waals surface area contributed by atoms with Gasteiger partial charge in [-0.05, 0) is 13.2 Å². The number of aliphatic hydroxyl groups is 1. The average molecular weight is 242 g/mol. The summed E-state index contributed by atoms with van der Waals surface area (Å²) < 4.78 is 0. The Labute approximate surface area is 100 Å². The molecule has 1 unspecified atom stereocenters. The Hall–Kier alpha value is -1.01. The number of anilines is 2. The van der Waals surface area contributed by atoms with Crippen LogP contribution in [0.3, 0.4) is 0 Å². The molecule has 0 saturated heterocycles. The molecule has 0 aliphatic rings. The van der Waals surface area contributed by atoms with Gasteiger partial charge >= 0.3 is 0 Å². The van der Waals surface area contributed by atoms with E-state index in [9.17, 15) is 0 Å². The highest BCUT2D eigenvalue weighted by Crippen LogP contribution is 2.20. The molecule has 1 aromatic heterocycles. The molecule has 16 heavy (non-hydrogen) atoms. The van der Waals surface area contributed by atoms with E-state index in [1.54, 1.807) is 0 Å². The topological polar surface area (TPSA) is 61.3 Å². The normalized spacial score (nSPS) is 12.3. The fourth-order valence-electron chi connectivity index (χ4n) is 1.16. The number of aliphatic hydroxyl groups excluding tert-OH is 1. The Morgan fingerprint density at radius 1 is 1.56 bits per heavy atom. The van der Waals surface area contributed by atoms with Gasteiger partial charge in [0, 0.05) is 20.2 Å². The van der Waals surface area contributed by atoms with Gasteiger partial charge in [0.25, 0.3) is 0 Å². The van der Waals surface area contributed by atoms with Crippen LogP contribution in [0.25, 0.3) is 0 Å². The molecule has 0 fully saturated rings. The molecule has 0 saturated carbocycles. The number of hydrogen-bond donors (Lipinski definition) is 2. The monoisotopic (exact) mass is 242 g/mol. The fourth-order valence-corrected chi connectivity index (χ4v) is 1.54. The Morgan fingerprint density at radius 3 is 2.75 bits per heavy atom. The predicted molar refractivity (Wildman–Crippen MR) is 68.3 cm³/mol. The molecule has 5 nitrogen and oxygen atoms in total. The number of hydrogen-bond acceptors (Lipinski definition) is 6. The zero-order valence-electron chi connectivity index (χ0n) is 10.1. The molecule has 0 radical (unpaired) electrons. The summed E-state index contributed by atoms with van der Waals surface area (Å²) in [7, 11) is 3.73. The Balaban J connectivity index is 3.02. The Morgan fingerprint density at radius 2 is 2.25 bits per heavy atom. The minimum absolute atomic E-state index is 0.0364. The number of thioether (sulfide) groups is 1. The molecule has 6 heteroatoms. The van der Waals surface area contributed by atoms with Gasteiger partial charge < -0.3 is 15.3 Å². The van der Waals surface area contributed by atoms with Crippen molar-refractivity contribution in [2.45, 2.75) is 18.1 Å². The van der Waals surface area contributed by atoms with E-state index >= 15 is 0 Å². The first-order chi connectivity index (χ1) is 7.62. The molecule has 1 aromatic rings. The smallest absolute Gasteiger partial charge is 0.191 e. The Kier molecular flexibility index (Phi) is 4.82. The van der Waals surface area contributed by atoms with Gasteiger partial charge in [0.15, 0.2) is 5.16 Å².